The normalized spacial score (nSPS) is 18.6. The van der Waals surface area contributed by atoms with Crippen LogP contribution in [0.15, 0.2) is 47.6 Å². The number of ether oxygens (including phenoxy) is 2. The van der Waals surface area contributed by atoms with Gasteiger partial charge in [0.1, 0.15) is 29.1 Å². The fraction of sp³-hybridized carbons (Fsp3) is 0.360. The lowest BCUT2D eigenvalue weighted by atomic mass is 9.85. The Balaban J connectivity index is 1.75. The van der Waals surface area contributed by atoms with Gasteiger partial charge in [-0.15, -0.1) is 0 Å². The molecule has 4 rings (SSSR count). The first-order chi connectivity index (χ1) is 13.8. The van der Waals surface area contributed by atoms with E-state index in [-0.39, 0.29) is 23.5 Å². The highest BCUT2D eigenvalue weighted by atomic mass is 16.5. The quantitative estimate of drug-likeness (QED) is 0.653. The summed E-state index contributed by atoms with van der Waals surface area (Å²) in [6, 6.07) is 7.15. The number of benzene rings is 2. The minimum Gasteiger partial charge on any atom is -0.508 e. The SMILES string of the molecule is CC(C)=CCc1cc(O)cc2c1C1COc3c(ccc(O)c3CC=C(C)C)C1O2. The van der Waals surface area contributed by atoms with E-state index in [4.69, 9.17) is 9.47 Å². The largest absolute Gasteiger partial charge is 0.508 e. The van der Waals surface area contributed by atoms with E-state index in [2.05, 4.69) is 26.0 Å². The van der Waals surface area contributed by atoms with Crippen molar-refractivity contribution in [1.82, 2.24) is 0 Å². The molecule has 0 radical (unpaired) electrons. The Labute approximate surface area is 172 Å². The maximum absolute atomic E-state index is 10.4. The minimum absolute atomic E-state index is 0.0690. The molecule has 0 spiro atoms. The number of phenolic OH excluding ortho intramolecular Hbond substituents is 2. The third-order valence-electron chi connectivity index (χ3n) is 5.63. The van der Waals surface area contributed by atoms with Crippen molar-refractivity contribution in [2.24, 2.45) is 0 Å². The summed E-state index contributed by atoms with van der Waals surface area (Å²) >= 11 is 0. The molecule has 2 unspecified atom stereocenters. The Morgan fingerprint density at radius 1 is 1.03 bits per heavy atom. The van der Waals surface area contributed by atoms with Crippen LogP contribution >= 0.6 is 0 Å². The molecule has 2 N–H and O–H groups in total. The molecule has 2 aliphatic rings. The van der Waals surface area contributed by atoms with Gasteiger partial charge in [-0.3, -0.25) is 0 Å². The van der Waals surface area contributed by atoms with Gasteiger partial charge in [-0.2, -0.15) is 0 Å². The monoisotopic (exact) mass is 392 g/mol. The summed E-state index contributed by atoms with van der Waals surface area (Å²) in [7, 11) is 0. The van der Waals surface area contributed by atoms with Crippen molar-refractivity contribution in [2.75, 3.05) is 6.61 Å². The van der Waals surface area contributed by atoms with Crippen molar-refractivity contribution in [2.45, 2.75) is 52.6 Å². The van der Waals surface area contributed by atoms with Crippen LogP contribution in [0, 0.1) is 0 Å². The summed E-state index contributed by atoms with van der Waals surface area (Å²) in [6.07, 6.45) is 5.45. The lowest BCUT2D eigenvalue weighted by molar-refractivity contribution is 0.138. The molecule has 29 heavy (non-hydrogen) atoms. The van der Waals surface area contributed by atoms with Crippen LogP contribution in [-0.4, -0.2) is 16.8 Å². The first-order valence-electron chi connectivity index (χ1n) is 10.1. The third kappa shape index (κ3) is 3.59. The van der Waals surface area contributed by atoms with E-state index in [1.54, 1.807) is 12.1 Å². The highest BCUT2D eigenvalue weighted by Gasteiger charge is 2.43. The topological polar surface area (TPSA) is 58.9 Å². The number of rotatable bonds is 4. The van der Waals surface area contributed by atoms with Crippen molar-refractivity contribution in [3.05, 3.63) is 69.8 Å². The molecule has 0 saturated carbocycles. The molecular formula is C25H28O4. The van der Waals surface area contributed by atoms with Gasteiger partial charge in [-0.25, -0.2) is 0 Å². The van der Waals surface area contributed by atoms with Crippen LogP contribution in [0.5, 0.6) is 23.0 Å². The van der Waals surface area contributed by atoms with Crippen LogP contribution < -0.4 is 9.47 Å². The zero-order chi connectivity index (χ0) is 20.7. The molecule has 0 saturated heterocycles. The van der Waals surface area contributed by atoms with E-state index in [0.717, 1.165) is 40.2 Å². The van der Waals surface area contributed by atoms with E-state index in [0.29, 0.717) is 13.0 Å². The lowest BCUT2D eigenvalue weighted by Crippen LogP contribution is -2.24. The molecule has 2 atom stereocenters. The number of aromatic hydroxyl groups is 2. The fourth-order valence-electron chi connectivity index (χ4n) is 4.20. The Hall–Kier alpha value is -2.88. The zero-order valence-corrected chi connectivity index (χ0v) is 17.5. The number of hydrogen-bond acceptors (Lipinski definition) is 4. The summed E-state index contributed by atoms with van der Waals surface area (Å²) in [5.41, 5.74) is 6.38. The second kappa shape index (κ2) is 7.51. The van der Waals surface area contributed by atoms with Gasteiger partial charge in [0.05, 0.1) is 12.5 Å². The molecule has 4 heteroatoms. The van der Waals surface area contributed by atoms with Gasteiger partial charge in [0.15, 0.2) is 0 Å². The van der Waals surface area contributed by atoms with Gasteiger partial charge in [-0.1, -0.05) is 23.3 Å². The molecule has 0 bridgehead atoms. The van der Waals surface area contributed by atoms with Gasteiger partial charge < -0.3 is 19.7 Å². The van der Waals surface area contributed by atoms with Crippen LogP contribution in [-0.2, 0) is 12.8 Å². The summed E-state index contributed by atoms with van der Waals surface area (Å²) in [4.78, 5) is 0. The fourth-order valence-corrected chi connectivity index (χ4v) is 4.20. The standard InChI is InChI=1S/C25H28O4/c1-14(2)5-7-16-11-17(26)12-22-23(16)20-13-28-24-18(8-6-15(3)4)21(27)10-9-19(24)25(20)29-22/h5-6,9-12,20,25-27H,7-8,13H2,1-4H3. The van der Waals surface area contributed by atoms with Crippen molar-refractivity contribution in [1.29, 1.82) is 0 Å². The molecule has 152 valence electrons. The summed E-state index contributed by atoms with van der Waals surface area (Å²) in [6.45, 7) is 8.72. The van der Waals surface area contributed by atoms with Gasteiger partial charge in [0.25, 0.3) is 0 Å². The summed E-state index contributed by atoms with van der Waals surface area (Å²) < 4.78 is 12.5. The maximum Gasteiger partial charge on any atom is 0.138 e. The predicted molar refractivity (Wildman–Crippen MR) is 114 cm³/mol. The van der Waals surface area contributed by atoms with Gasteiger partial charge in [0.2, 0.25) is 0 Å². The van der Waals surface area contributed by atoms with Gasteiger partial charge in [0, 0.05) is 22.8 Å². The smallest absolute Gasteiger partial charge is 0.138 e. The molecule has 0 fully saturated rings. The zero-order valence-electron chi connectivity index (χ0n) is 17.5. The Morgan fingerprint density at radius 3 is 2.48 bits per heavy atom. The van der Waals surface area contributed by atoms with E-state index in [9.17, 15) is 10.2 Å². The van der Waals surface area contributed by atoms with Crippen LogP contribution in [0.25, 0.3) is 0 Å². The highest BCUT2D eigenvalue weighted by molar-refractivity contribution is 5.58. The number of allylic oxidation sites excluding steroid dienone is 4. The van der Waals surface area contributed by atoms with Crippen molar-refractivity contribution >= 4 is 0 Å². The molecule has 0 aromatic heterocycles. The summed E-state index contributed by atoms with van der Waals surface area (Å²) in [5.74, 6) is 1.99. The van der Waals surface area contributed by atoms with Gasteiger partial charge >= 0.3 is 0 Å². The third-order valence-corrected chi connectivity index (χ3v) is 5.63. The van der Waals surface area contributed by atoms with Crippen LogP contribution in [0.3, 0.4) is 0 Å². The molecule has 2 aromatic rings. The average molecular weight is 392 g/mol. The van der Waals surface area contributed by atoms with Crippen molar-refractivity contribution in [3.8, 4) is 23.0 Å². The second-order valence-corrected chi connectivity index (χ2v) is 8.43. The molecule has 0 amide bonds. The number of hydrogen-bond donors (Lipinski definition) is 2. The average Bonchev–Trinajstić information content (AvgIpc) is 3.03. The van der Waals surface area contributed by atoms with Crippen LogP contribution in [0.1, 0.15) is 62.0 Å². The van der Waals surface area contributed by atoms with Gasteiger partial charge in [-0.05, 0) is 64.3 Å². The van der Waals surface area contributed by atoms with Crippen LogP contribution in [0.4, 0.5) is 0 Å². The number of phenols is 2. The second-order valence-electron chi connectivity index (χ2n) is 8.43. The van der Waals surface area contributed by atoms with E-state index < -0.39 is 0 Å². The predicted octanol–water partition coefficient (Wildman–Crippen LogP) is 5.72. The Kier molecular flexibility index (Phi) is 5.03. The highest BCUT2D eigenvalue weighted by Crippen LogP contribution is 2.54. The lowest BCUT2D eigenvalue weighted by Gasteiger charge is -2.30. The first-order valence-corrected chi connectivity index (χ1v) is 10.1. The van der Waals surface area contributed by atoms with E-state index >= 15 is 0 Å². The minimum atomic E-state index is -0.174. The van der Waals surface area contributed by atoms with Crippen LogP contribution in [0.2, 0.25) is 0 Å². The molecule has 2 heterocycles. The first kappa shape index (κ1) is 19.4. The maximum atomic E-state index is 10.4. The van der Waals surface area contributed by atoms with Crippen molar-refractivity contribution < 1.29 is 19.7 Å². The Morgan fingerprint density at radius 2 is 1.76 bits per heavy atom. The molecule has 4 nitrogen and oxygen atoms in total. The van der Waals surface area contributed by atoms with E-state index in [1.165, 1.54) is 11.1 Å². The number of fused-ring (bicyclic) bond motifs is 5. The van der Waals surface area contributed by atoms with Crippen molar-refractivity contribution in [3.63, 3.8) is 0 Å². The molecule has 2 aliphatic heterocycles. The summed E-state index contributed by atoms with van der Waals surface area (Å²) in [5, 5.41) is 20.6. The Bertz CT molecular complexity index is 1010. The molecule has 0 aliphatic carbocycles. The van der Waals surface area contributed by atoms with E-state index in [1.807, 2.05) is 26.0 Å². The molecular weight excluding hydrogens is 364 g/mol. The molecule has 2 aromatic carbocycles.